The Morgan fingerprint density at radius 3 is 2.86 bits per heavy atom. The highest BCUT2D eigenvalue weighted by Gasteiger charge is 2.34. The highest BCUT2D eigenvalue weighted by molar-refractivity contribution is 7.89. The molecule has 2 N–H and O–H groups in total. The first-order valence-electron chi connectivity index (χ1n) is 7.20. The molecule has 0 aliphatic carbocycles. The van der Waals surface area contributed by atoms with Crippen LogP contribution in [0.2, 0.25) is 0 Å². The van der Waals surface area contributed by atoms with E-state index in [1.54, 1.807) is 0 Å². The molecule has 0 bridgehead atoms. The van der Waals surface area contributed by atoms with E-state index in [0.29, 0.717) is 25.6 Å². The van der Waals surface area contributed by atoms with Gasteiger partial charge in [0.05, 0.1) is 6.61 Å². The van der Waals surface area contributed by atoms with E-state index in [9.17, 15) is 13.2 Å². The number of aromatic amines is 1. The van der Waals surface area contributed by atoms with Gasteiger partial charge in [-0.2, -0.15) is 9.40 Å². The first kappa shape index (κ1) is 16.9. The highest BCUT2D eigenvalue weighted by atomic mass is 32.2. The Kier molecular flexibility index (Phi) is 5.20. The van der Waals surface area contributed by atoms with E-state index >= 15 is 0 Å². The maximum absolute atomic E-state index is 12.8. The van der Waals surface area contributed by atoms with Crippen molar-refractivity contribution < 1.29 is 23.1 Å². The van der Waals surface area contributed by atoms with Gasteiger partial charge in [-0.15, -0.1) is 0 Å². The second-order valence-corrected chi connectivity index (χ2v) is 7.58. The number of carboxylic acid groups (broad SMARTS) is 1. The standard InChI is InChI=1S/C13H21N3O5S/c1-9(2)7-10-3-5-21-6-4-16(10)22(19,20)12-8-11(13(17)18)14-15-12/h8-10H,3-7H2,1-2H3,(H,14,15)(H,17,18). The predicted molar refractivity (Wildman–Crippen MR) is 78.1 cm³/mol. The van der Waals surface area contributed by atoms with Gasteiger partial charge in [-0.25, -0.2) is 13.2 Å². The molecule has 8 nitrogen and oxygen atoms in total. The van der Waals surface area contributed by atoms with Crippen LogP contribution < -0.4 is 0 Å². The van der Waals surface area contributed by atoms with Gasteiger partial charge >= 0.3 is 5.97 Å². The number of ether oxygens (including phenoxy) is 1. The maximum Gasteiger partial charge on any atom is 0.356 e. The van der Waals surface area contributed by atoms with Crippen molar-refractivity contribution in [2.24, 2.45) is 5.92 Å². The molecule has 22 heavy (non-hydrogen) atoms. The summed E-state index contributed by atoms with van der Waals surface area (Å²) < 4.78 is 32.3. The summed E-state index contributed by atoms with van der Waals surface area (Å²) in [6.45, 7) is 5.17. The van der Waals surface area contributed by atoms with E-state index in [2.05, 4.69) is 10.2 Å². The average molecular weight is 331 g/mol. The summed E-state index contributed by atoms with van der Waals surface area (Å²) in [6.07, 6.45) is 1.35. The smallest absolute Gasteiger partial charge is 0.356 e. The van der Waals surface area contributed by atoms with Gasteiger partial charge in [0.1, 0.15) is 0 Å². The lowest BCUT2D eigenvalue weighted by molar-refractivity contribution is 0.0690. The molecule has 1 aliphatic heterocycles. The highest BCUT2D eigenvalue weighted by Crippen LogP contribution is 2.24. The van der Waals surface area contributed by atoms with Gasteiger partial charge in [0.25, 0.3) is 10.0 Å². The number of H-pyrrole nitrogens is 1. The van der Waals surface area contributed by atoms with Crippen molar-refractivity contribution in [3.05, 3.63) is 11.8 Å². The van der Waals surface area contributed by atoms with E-state index in [0.717, 1.165) is 12.5 Å². The summed E-state index contributed by atoms with van der Waals surface area (Å²) in [4.78, 5) is 10.9. The van der Waals surface area contributed by atoms with Crippen LogP contribution in [0.4, 0.5) is 0 Å². The Bertz CT molecular complexity index is 625. The van der Waals surface area contributed by atoms with Crippen LogP contribution in [-0.2, 0) is 14.8 Å². The van der Waals surface area contributed by atoms with E-state index in [-0.39, 0.29) is 23.3 Å². The molecule has 0 aromatic carbocycles. The normalized spacial score (nSPS) is 21.0. The second kappa shape index (κ2) is 6.76. The van der Waals surface area contributed by atoms with Gasteiger partial charge in [-0.1, -0.05) is 13.8 Å². The number of carbonyl (C=O) groups is 1. The molecule has 0 spiro atoms. The van der Waals surface area contributed by atoms with Gasteiger partial charge < -0.3 is 9.84 Å². The zero-order chi connectivity index (χ0) is 16.3. The third kappa shape index (κ3) is 3.65. The topological polar surface area (TPSA) is 113 Å². The molecule has 1 aliphatic rings. The van der Waals surface area contributed by atoms with Crippen LogP contribution in [0.15, 0.2) is 11.1 Å². The van der Waals surface area contributed by atoms with Crippen molar-refractivity contribution in [1.82, 2.24) is 14.5 Å². The van der Waals surface area contributed by atoms with E-state index in [4.69, 9.17) is 9.84 Å². The van der Waals surface area contributed by atoms with Crippen LogP contribution in [0.5, 0.6) is 0 Å². The molecule has 0 amide bonds. The lowest BCUT2D eigenvalue weighted by atomic mass is 10.0. The number of hydrogen-bond donors (Lipinski definition) is 2. The summed E-state index contributed by atoms with van der Waals surface area (Å²) in [5, 5.41) is 14.5. The Hall–Kier alpha value is -1.45. The van der Waals surface area contributed by atoms with Crippen LogP contribution in [-0.4, -0.2) is 59.8 Å². The van der Waals surface area contributed by atoms with Gasteiger partial charge in [-0.05, 0) is 18.8 Å². The Morgan fingerprint density at radius 1 is 1.55 bits per heavy atom. The molecule has 1 aromatic rings. The molecule has 0 radical (unpaired) electrons. The molecule has 1 atom stereocenters. The first-order chi connectivity index (χ1) is 10.3. The maximum atomic E-state index is 12.8. The molecule has 2 rings (SSSR count). The minimum absolute atomic E-state index is 0.163. The van der Waals surface area contributed by atoms with Gasteiger partial charge in [0.15, 0.2) is 10.7 Å². The van der Waals surface area contributed by atoms with Crippen LogP contribution in [0, 0.1) is 5.92 Å². The monoisotopic (exact) mass is 331 g/mol. The molecule has 1 saturated heterocycles. The summed E-state index contributed by atoms with van der Waals surface area (Å²) in [5.74, 6) is -0.923. The third-order valence-electron chi connectivity index (χ3n) is 3.56. The Morgan fingerprint density at radius 2 is 2.27 bits per heavy atom. The van der Waals surface area contributed by atoms with E-state index in [1.807, 2.05) is 13.8 Å². The molecule has 1 fully saturated rings. The minimum atomic E-state index is -3.82. The number of hydrogen-bond acceptors (Lipinski definition) is 5. The van der Waals surface area contributed by atoms with E-state index < -0.39 is 16.0 Å². The number of aromatic nitrogens is 2. The quantitative estimate of drug-likeness (QED) is 0.830. The zero-order valence-corrected chi connectivity index (χ0v) is 13.5. The largest absolute Gasteiger partial charge is 0.476 e. The van der Waals surface area contributed by atoms with Crippen molar-refractivity contribution in [2.75, 3.05) is 19.8 Å². The summed E-state index contributed by atoms with van der Waals surface area (Å²) in [5.41, 5.74) is -0.315. The molecule has 0 saturated carbocycles. The first-order valence-corrected chi connectivity index (χ1v) is 8.64. The van der Waals surface area contributed by atoms with Gasteiger partial charge in [0, 0.05) is 25.3 Å². The minimum Gasteiger partial charge on any atom is -0.476 e. The van der Waals surface area contributed by atoms with Crippen molar-refractivity contribution in [3.63, 3.8) is 0 Å². The molecule has 9 heteroatoms. The average Bonchev–Trinajstić information content (AvgIpc) is 2.81. The number of nitrogens with one attached hydrogen (secondary N) is 1. The van der Waals surface area contributed by atoms with Crippen LogP contribution in [0.1, 0.15) is 37.2 Å². The van der Waals surface area contributed by atoms with Crippen molar-refractivity contribution in [3.8, 4) is 0 Å². The third-order valence-corrected chi connectivity index (χ3v) is 5.43. The van der Waals surface area contributed by atoms with Crippen molar-refractivity contribution in [1.29, 1.82) is 0 Å². The Labute approximate surface area is 129 Å². The number of aromatic carboxylic acids is 1. The summed E-state index contributed by atoms with van der Waals surface area (Å²) in [6, 6.07) is 0.889. The molecule has 2 heterocycles. The molecule has 1 aromatic heterocycles. The van der Waals surface area contributed by atoms with Gasteiger partial charge in [0.2, 0.25) is 0 Å². The second-order valence-electron chi connectivity index (χ2n) is 5.72. The van der Waals surface area contributed by atoms with Gasteiger partial charge in [-0.3, -0.25) is 5.10 Å². The lowest BCUT2D eigenvalue weighted by Crippen LogP contribution is -2.41. The number of sulfonamides is 1. The number of rotatable bonds is 5. The summed E-state index contributed by atoms with van der Waals surface area (Å²) >= 11 is 0. The lowest BCUT2D eigenvalue weighted by Gasteiger charge is -2.29. The number of carboxylic acids is 1. The van der Waals surface area contributed by atoms with Crippen LogP contribution >= 0.6 is 0 Å². The summed E-state index contributed by atoms with van der Waals surface area (Å²) in [7, 11) is -3.82. The fourth-order valence-corrected chi connectivity index (χ4v) is 4.14. The fourth-order valence-electron chi connectivity index (χ4n) is 2.57. The van der Waals surface area contributed by atoms with E-state index in [1.165, 1.54) is 4.31 Å². The molecular formula is C13H21N3O5S. The Balaban J connectivity index is 2.32. The molecule has 124 valence electrons. The molecular weight excluding hydrogens is 310 g/mol. The van der Waals surface area contributed by atoms with Crippen molar-refractivity contribution in [2.45, 2.75) is 37.8 Å². The predicted octanol–water partition coefficient (Wildman–Crippen LogP) is 0.934. The zero-order valence-electron chi connectivity index (χ0n) is 12.7. The van der Waals surface area contributed by atoms with Crippen LogP contribution in [0.3, 0.4) is 0 Å². The fraction of sp³-hybridized carbons (Fsp3) is 0.692. The van der Waals surface area contributed by atoms with Crippen molar-refractivity contribution >= 4 is 16.0 Å². The SMILES string of the molecule is CC(C)CC1CCOCCN1S(=O)(=O)c1cc(C(=O)O)n[nH]1. The van der Waals surface area contributed by atoms with Crippen LogP contribution in [0.25, 0.3) is 0 Å². The molecule has 1 unspecified atom stereocenters. The number of nitrogens with zero attached hydrogens (tertiary/aromatic N) is 2.